The van der Waals surface area contributed by atoms with E-state index in [1.165, 1.54) is 0 Å². The molecule has 0 fully saturated rings. The number of nitrogens with two attached hydrogens (primary N) is 1. The van der Waals surface area contributed by atoms with E-state index in [1.54, 1.807) is 0 Å². The Balaban J connectivity index is 3.03. The first-order valence-corrected chi connectivity index (χ1v) is 1.28. The zero-order chi connectivity index (χ0) is 4.99. The van der Waals surface area contributed by atoms with Gasteiger partial charge in [0.15, 0.2) is 0 Å². The highest BCUT2D eigenvalue weighted by atomic mass is 19.2. The summed E-state index contributed by atoms with van der Waals surface area (Å²) in [5.41, 5.74) is 0. The average molecular weight is 92.1 g/mol. The number of hydrogen-bond donors (Lipinski definition) is 2. The number of hydrogen-bond acceptors (Lipinski definition) is 3. The molecule has 0 aromatic heterocycles. The van der Waals surface area contributed by atoms with Gasteiger partial charge in [0.05, 0.1) is 12.5 Å². The fourth-order valence-electron chi connectivity index (χ4n) is 0.0637. The molecule has 0 spiro atoms. The van der Waals surface area contributed by atoms with Crippen LogP contribution in [-0.4, -0.2) is 10.3 Å². The second kappa shape index (κ2) is 2.47. The zero-order valence-electron chi connectivity index (χ0n) is 3.00. The van der Waals surface area contributed by atoms with E-state index in [0.29, 0.717) is 12.5 Å². The second-order valence-electron chi connectivity index (χ2n) is 0.642. The molecular weight excluding hydrogens is 87.0 g/mol. The molecule has 0 aromatic carbocycles. The first-order chi connectivity index (χ1) is 2.77. The molecule has 0 heterocycles. The van der Waals surface area contributed by atoms with Crippen molar-refractivity contribution in [1.29, 1.82) is 0 Å². The molecule has 3 nitrogen and oxygen atoms in total. The fraction of sp³-hybridized carbons (Fsp3) is 0. The summed E-state index contributed by atoms with van der Waals surface area (Å²) in [6.45, 7) is 0. The second-order valence-corrected chi connectivity index (χ2v) is 0.642. The minimum Gasteiger partial charge on any atom is -0.514 e. The van der Waals surface area contributed by atoms with Gasteiger partial charge in [-0.3, -0.25) is 0 Å². The van der Waals surface area contributed by atoms with E-state index in [0.717, 1.165) is 0 Å². The van der Waals surface area contributed by atoms with Crippen molar-refractivity contribution < 1.29 is 9.59 Å². The molecule has 0 aliphatic heterocycles. The molecule has 6 heavy (non-hydrogen) atoms. The molecule has 0 saturated carbocycles. The van der Waals surface area contributed by atoms with Crippen molar-refractivity contribution >= 4 is 0 Å². The Labute approximate surface area is 34.4 Å². The van der Waals surface area contributed by atoms with Gasteiger partial charge in [-0.15, -0.1) is 5.23 Å². The Morgan fingerprint density at radius 3 is 2.33 bits per heavy atom. The predicted octanol–water partition coefficient (Wildman–Crippen LogP) is 0.0758. The largest absolute Gasteiger partial charge is 0.514 e. The van der Waals surface area contributed by atoms with Gasteiger partial charge in [-0.05, 0) is 0 Å². The normalized spacial score (nSPS) is 9.67. The van der Waals surface area contributed by atoms with Crippen molar-refractivity contribution in [2.45, 2.75) is 0 Å². The summed E-state index contributed by atoms with van der Waals surface area (Å²) in [5.74, 6) is 4.32. The third kappa shape index (κ3) is 3.23. The Morgan fingerprint density at radius 1 is 1.83 bits per heavy atom. The van der Waals surface area contributed by atoms with Gasteiger partial charge in [0.25, 0.3) is 0 Å². The van der Waals surface area contributed by atoms with Crippen LogP contribution in [-0.2, 0) is 0 Å². The molecule has 3 N–H and O–H groups in total. The monoisotopic (exact) mass is 92.0 g/mol. The molecular formula is C2H5FN2O. The Morgan fingerprint density at radius 2 is 2.33 bits per heavy atom. The van der Waals surface area contributed by atoms with Crippen LogP contribution in [0.15, 0.2) is 12.5 Å². The maximum Gasteiger partial charge on any atom is 0.0994 e. The van der Waals surface area contributed by atoms with Gasteiger partial charge in [-0.1, -0.05) is 4.48 Å². The number of hydrazine groups is 1. The van der Waals surface area contributed by atoms with Gasteiger partial charge in [0, 0.05) is 0 Å². The van der Waals surface area contributed by atoms with Crippen molar-refractivity contribution in [3.05, 3.63) is 12.5 Å². The van der Waals surface area contributed by atoms with E-state index in [1.807, 2.05) is 0 Å². The van der Waals surface area contributed by atoms with Crippen molar-refractivity contribution in [3.63, 3.8) is 0 Å². The summed E-state index contributed by atoms with van der Waals surface area (Å²) >= 11 is 0. The highest BCUT2D eigenvalue weighted by molar-refractivity contribution is 4.61. The Hall–Kier alpha value is -0.770. The summed E-state index contributed by atoms with van der Waals surface area (Å²) in [6.07, 6.45) is 1.17. The summed E-state index contributed by atoms with van der Waals surface area (Å²) < 4.78 is 11.1. The lowest BCUT2D eigenvalue weighted by atomic mass is 11.0. The molecule has 0 saturated heterocycles. The molecule has 0 unspecified atom stereocenters. The summed E-state index contributed by atoms with van der Waals surface area (Å²) in [4.78, 5) is 0. The average Bonchev–Trinajstić information content (AvgIpc) is 1.35. The predicted molar refractivity (Wildman–Crippen MR) is 18.9 cm³/mol. The molecule has 36 valence electrons. The van der Waals surface area contributed by atoms with Crippen LogP contribution >= 0.6 is 0 Å². The van der Waals surface area contributed by atoms with Gasteiger partial charge in [0.1, 0.15) is 0 Å². The first kappa shape index (κ1) is 5.23. The molecule has 0 atom stereocenters. The van der Waals surface area contributed by atoms with E-state index in [-0.39, 0.29) is 5.23 Å². The lowest BCUT2D eigenvalue weighted by Gasteiger charge is -1.91. The molecule has 4 heteroatoms. The number of halogens is 1. The van der Waals surface area contributed by atoms with Crippen molar-refractivity contribution in [2.75, 3.05) is 0 Å². The number of rotatable bonds is 1. The molecule has 0 aromatic rings. The van der Waals surface area contributed by atoms with Crippen LogP contribution in [0.3, 0.4) is 0 Å². The molecule has 0 radical (unpaired) electrons. The highest BCUT2D eigenvalue weighted by Gasteiger charge is 1.73. The smallest absolute Gasteiger partial charge is 0.0994 e. The van der Waals surface area contributed by atoms with E-state index < -0.39 is 0 Å². The standard InChI is InChI=1S/C2H5FN2O/c3-5(4)1-2-6/h1-2,6H,4H2/b2-1-. The van der Waals surface area contributed by atoms with Gasteiger partial charge in [0.2, 0.25) is 0 Å². The Bertz CT molecular complexity index is 53.5. The van der Waals surface area contributed by atoms with Crippen LogP contribution in [0, 0.1) is 0 Å². The zero-order valence-corrected chi connectivity index (χ0v) is 3.00. The van der Waals surface area contributed by atoms with Crippen LogP contribution in [0.2, 0.25) is 0 Å². The van der Waals surface area contributed by atoms with Gasteiger partial charge in [-0.25, -0.2) is 5.84 Å². The van der Waals surface area contributed by atoms with E-state index >= 15 is 0 Å². The third-order valence-corrected chi connectivity index (χ3v) is 0.209. The van der Waals surface area contributed by atoms with Crippen LogP contribution in [0.4, 0.5) is 4.48 Å². The lowest BCUT2D eigenvalue weighted by molar-refractivity contribution is 0.0873. The van der Waals surface area contributed by atoms with Crippen molar-refractivity contribution in [3.8, 4) is 0 Å². The van der Waals surface area contributed by atoms with Crippen molar-refractivity contribution in [1.82, 2.24) is 5.23 Å². The highest BCUT2D eigenvalue weighted by Crippen LogP contribution is 1.72. The molecule has 0 bridgehead atoms. The fourth-order valence-corrected chi connectivity index (χ4v) is 0.0637. The maximum atomic E-state index is 11.1. The third-order valence-electron chi connectivity index (χ3n) is 0.209. The van der Waals surface area contributed by atoms with E-state index in [9.17, 15) is 4.48 Å². The molecule has 0 aliphatic carbocycles. The summed E-state index contributed by atoms with van der Waals surface area (Å²) in [7, 11) is 0. The minimum atomic E-state index is -0.250. The minimum absolute atomic E-state index is 0.250. The lowest BCUT2D eigenvalue weighted by Crippen LogP contribution is -2.12. The van der Waals surface area contributed by atoms with E-state index in [4.69, 9.17) is 5.11 Å². The van der Waals surface area contributed by atoms with Crippen molar-refractivity contribution in [2.24, 2.45) is 5.84 Å². The summed E-state index contributed by atoms with van der Waals surface area (Å²) in [5, 5.41) is 7.44. The van der Waals surface area contributed by atoms with Crippen LogP contribution in [0.5, 0.6) is 0 Å². The van der Waals surface area contributed by atoms with Crippen LogP contribution < -0.4 is 5.84 Å². The number of nitrogens with zero attached hydrogens (tertiary/aromatic N) is 1. The SMILES string of the molecule is NN(F)/C=C\O. The molecule has 0 rings (SSSR count). The molecule has 0 amide bonds. The Kier molecular flexibility index (Phi) is 2.15. The number of aliphatic hydroxyl groups excluding tert-OH is 1. The van der Waals surface area contributed by atoms with Gasteiger partial charge < -0.3 is 5.11 Å². The quantitative estimate of drug-likeness (QED) is 0.208. The van der Waals surface area contributed by atoms with Crippen LogP contribution in [0.25, 0.3) is 0 Å². The summed E-state index contributed by atoms with van der Waals surface area (Å²) in [6, 6.07) is 0. The van der Waals surface area contributed by atoms with Gasteiger partial charge >= 0.3 is 0 Å². The first-order valence-electron chi connectivity index (χ1n) is 1.28. The number of aliphatic hydroxyl groups is 1. The van der Waals surface area contributed by atoms with E-state index in [2.05, 4.69) is 5.84 Å². The molecule has 0 aliphatic rings. The van der Waals surface area contributed by atoms with Gasteiger partial charge in [-0.2, -0.15) is 0 Å². The topological polar surface area (TPSA) is 49.5 Å². The van der Waals surface area contributed by atoms with Crippen LogP contribution in [0.1, 0.15) is 0 Å². The maximum absolute atomic E-state index is 11.1.